The van der Waals surface area contributed by atoms with E-state index in [-0.39, 0.29) is 42.7 Å². The molecule has 0 spiro atoms. The monoisotopic (exact) mass is 625 g/mol. The van der Waals surface area contributed by atoms with Crippen LogP contribution in [0.1, 0.15) is 36.7 Å². The van der Waals surface area contributed by atoms with Gasteiger partial charge in [0.25, 0.3) is 0 Å². The Balaban J connectivity index is 1.45. The second kappa shape index (κ2) is 12.4. The van der Waals surface area contributed by atoms with Crippen molar-refractivity contribution in [2.45, 2.75) is 39.9 Å². The van der Waals surface area contributed by atoms with E-state index in [4.69, 9.17) is 20.6 Å². The van der Waals surface area contributed by atoms with Gasteiger partial charge in [0.15, 0.2) is 5.78 Å². The Morgan fingerprint density at radius 3 is 2.56 bits per heavy atom. The van der Waals surface area contributed by atoms with Crippen LogP contribution in [0.4, 0.5) is 4.39 Å². The van der Waals surface area contributed by atoms with Gasteiger partial charge in [0, 0.05) is 29.3 Å². The topological polar surface area (TPSA) is 107 Å². The van der Waals surface area contributed by atoms with Gasteiger partial charge in [-0.15, -0.1) is 0 Å². The van der Waals surface area contributed by atoms with Crippen LogP contribution in [0.3, 0.4) is 0 Å². The molecule has 43 heavy (non-hydrogen) atoms. The van der Waals surface area contributed by atoms with Gasteiger partial charge in [0.05, 0.1) is 34.8 Å². The summed E-state index contributed by atoms with van der Waals surface area (Å²) in [6, 6.07) is 8.41. The van der Waals surface area contributed by atoms with Gasteiger partial charge in [0.1, 0.15) is 18.4 Å². The number of halogens is 2. The van der Waals surface area contributed by atoms with Crippen molar-refractivity contribution < 1.29 is 32.4 Å². The average molecular weight is 626 g/mol. The highest BCUT2D eigenvalue weighted by Gasteiger charge is 2.38. The van der Waals surface area contributed by atoms with Crippen molar-refractivity contribution in [3.63, 3.8) is 0 Å². The van der Waals surface area contributed by atoms with Crippen LogP contribution in [0.5, 0.6) is 0 Å². The highest BCUT2D eigenvalue weighted by atomic mass is 35.5. The maximum Gasteiger partial charge on any atom is 0.361 e. The van der Waals surface area contributed by atoms with Gasteiger partial charge in [-0.2, -0.15) is 0 Å². The van der Waals surface area contributed by atoms with Gasteiger partial charge >= 0.3 is 7.60 Å². The van der Waals surface area contributed by atoms with Gasteiger partial charge in [-0.3, -0.25) is 23.8 Å². The third-order valence-electron chi connectivity index (χ3n) is 7.19. The molecule has 0 radical (unpaired) electrons. The third-order valence-corrected chi connectivity index (χ3v) is 9.59. The first-order valence-electron chi connectivity index (χ1n) is 13.7. The lowest BCUT2D eigenvalue weighted by Crippen LogP contribution is -2.46. The average Bonchev–Trinajstić information content (AvgIpc) is 3.67. The largest absolute Gasteiger partial charge is 0.361 e. The summed E-state index contributed by atoms with van der Waals surface area (Å²) in [6.45, 7) is 4.82. The number of carbonyl (C=O) groups excluding carboxylic acids is 3. The number of Topliss-reactive ketones (excluding diaryl/α,β-unsaturated/α-hetero) is 1. The predicted octanol–water partition coefficient (Wildman–Crippen LogP) is 5.44. The standard InChI is InChI=1S/C31H30ClFN3O6P/c1-4-41-43(40,42-5-2)22-12-13-23-24(19(3)37)17-35(27(23)15-22)18-29(38)36-26-11-7-8-20(26)14-28(36)31(39)34-16-21-9-6-10-25(32)30(21)33/h6-15,17,28H,4-5,16,18H2,1-3H3,(H,34,39)/t28-/m0/s1. The van der Waals surface area contributed by atoms with E-state index >= 15 is 0 Å². The number of aromatic nitrogens is 1. The molecule has 2 heterocycles. The molecule has 0 fully saturated rings. The second-order valence-electron chi connectivity index (χ2n) is 9.93. The minimum Gasteiger partial charge on any atom is -0.350 e. The van der Waals surface area contributed by atoms with E-state index in [1.54, 1.807) is 73.2 Å². The fraction of sp³-hybridized carbons (Fsp3) is 0.258. The van der Waals surface area contributed by atoms with Crippen LogP contribution in [-0.2, 0) is 36.3 Å². The highest BCUT2D eigenvalue weighted by Crippen LogP contribution is 2.47. The maximum absolute atomic E-state index is 14.4. The zero-order valence-corrected chi connectivity index (χ0v) is 25.5. The van der Waals surface area contributed by atoms with E-state index in [9.17, 15) is 23.3 Å². The van der Waals surface area contributed by atoms with Crippen molar-refractivity contribution in [1.82, 2.24) is 14.8 Å². The quantitative estimate of drug-likeness (QED) is 0.225. The van der Waals surface area contributed by atoms with Crippen LogP contribution in [0.15, 0.2) is 78.2 Å². The van der Waals surface area contributed by atoms with Gasteiger partial charge in [-0.1, -0.05) is 42.0 Å². The van der Waals surface area contributed by atoms with E-state index in [2.05, 4.69) is 5.32 Å². The number of carbonyl (C=O) groups is 3. The molecule has 5 rings (SSSR count). The number of ketones is 1. The van der Waals surface area contributed by atoms with E-state index in [0.29, 0.717) is 33.0 Å². The Hall–Kier alpha value is -3.82. The Labute approximate surface area is 253 Å². The molecule has 2 aliphatic rings. The molecule has 1 atom stereocenters. The van der Waals surface area contributed by atoms with Gasteiger partial charge in [-0.05, 0) is 56.7 Å². The van der Waals surface area contributed by atoms with Crippen LogP contribution in [0.25, 0.3) is 10.9 Å². The molecule has 1 aliphatic heterocycles. The minimum atomic E-state index is -3.65. The fourth-order valence-corrected chi connectivity index (χ4v) is 7.03. The smallest absolute Gasteiger partial charge is 0.350 e. The predicted molar refractivity (Wildman–Crippen MR) is 162 cm³/mol. The number of benzene rings is 2. The highest BCUT2D eigenvalue weighted by molar-refractivity contribution is 7.62. The molecule has 1 N–H and O–H groups in total. The lowest BCUT2D eigenvalue weighted by molar-refractivity contribution is -0.136. The number of rotatable bonds is 11. The molecule has 0 saturated carbocycles. The second-order valence-corrected chi connectivity index (χ2v) is 12.4. The molecule has 0 saturated heterocycles. The Morgan fingerprint density at radius 1 is 1.12 bits per heavy atom. The number of hydrogen-bond acceptors (Lipinski definition) is 6. The van der Waals surface area contributed by atoms with Crippen LogP contribution in [-0.4, -0.2) is 46.3 Å². The van der Waals surface area contributed by atoms with E-state index in [0.717, 1.165) is 0 Å². The van der Waals surface area contributed by atoms with Gasteiger partial charge in [-0.25, -0.2) is 4.39 Å². The molecule has 0 unspecified atom stereocenters. The zero-order valence-electron chi connectivity index (χ0n) is 23.8. The number of allylic oxidation sites excluding steroid dienone is 3. The van der Waals surface area contributed by atoms with Gasteiger partial charge in [0.2, 0.25) is 11.8 Å². The van der Waals surface area contributed by atoms with Crippen molar-refractivity contribution in [2.24, 2.45) is 0 Å². The molecule has 224 valence electrons. The molecule has 9 nitrogen and oxygen atoms in total. The first-order chi connectivity index (χ1) is 20.6. The molecule has 2 aromatic carbocycles. The molecule has 12 heteroatoms. The van der Waals surface area contributed by atoms with Crippen LogP contribution < -0.4 is 10.6 Å². The summed E-state index contributed by atoms with van der Waals surface area (Å²) in [5.41, 5.74) is 2.35. The summed E-state index contributed by atoms with van der Waals surface area (Å²) in [6.07, 6.45) is 8.56. The number of hydrogen-bond donors (Lipinski definition) is 1. The van der Waals surface area contributed by atoms with E-state index in [1.807, 2.05) is 0 Å². The van der Waals surface area contributed by atoms with Crippen molar-refractivity contribution >= 4 is 53.0 Å². The number of amides is 2. The Bertz CT molecular complexity index is 1770. The lowest BCUT2D eigenvalue weighted by Gasteiger charge is -2.26. The SMILES string of the molecule is CCOP(=O)(OCC)c1ccc2c(C(C)=O)cn(CC(=O)N3C4=CC=CC4=C[C@H]3C(=O)NCc3cccc(Cl)c3F)c2c1. The first-order valence-corrected chi connectivity index (χ1v) is 15.7. The molecule has 1 aliphatic carbocycles. The van der Waals surface area contributed by atoms with Crippen molar-refractivity contribution in [2.75, 3.05) is 13.2 Å². The summed E-state index contributed by atoms with van der Waals surface area (Å²) >= 11 is 5.87. The van der Waals surface area contributed by atoms with Crippen LogP contribution >= 0.6 is 19.2 Å². The summed E-state index contributed by atoms with van der Waals surface area (Å²) in [5, 5.41) is 3.52. The molecular weight excluding hydrogens is 596 g/mol. The summed E-state index contributed by atoms with van der Waals surface area (Å²) in [4.78, 5) is 41.1. The molecule has 2 amide bonds. The van der Waals surface area contributed by atoms with Crippen LogP contribution in [0, 0.1) is 5.82 Å². The van der Waals surface area contributed by atoms with Gasteiger partial charge < -0.3 is 18.9 Å². The summed E-state index contributed by atoms with van der Waals surface area (Å²) in [7, 11) is -3.65. The molecular formula is C31H30ClFN3O6P. The number of nitrogens with one attached hydrogen (secondary N) is 1. The third kappa shape index (κ3) is 5.88. The molecule has 3 aromatic rings. The van der Waals surface area contributed by atoms with Crippen molar-refractivity contribution in [1.29, 1.82) is 0 Å². The Morgan fingerprint density at radius 2 is 1.86 bits per heavy atom. The maximum atomic E-state index is 14.4. The van der Waals surface area contributed by atoms with Crippen LogP contribution in [0.2, 0.25) is 5.02 Å². The fourth-order valence-electron chi connectivity index (χ4n) is 5.24. The lowest BCUT2D eigenvalue weighted by atomic mass is 10.1. The van der Waals surface area contributed by atoms with E-state index in [1.165, 1.54) is 24.0 Å². The number of fused-ring (bicyclic) bond motifs is 2. The number of nitrogens with zero attached hydrogens (tertiary/aromatic N) is 2. The molecule has 1 aromatic heterocycles. The summed E-state index contributed by atoms with van der Waals surface area (Å²) in [5.74, 6) is -1.75. The normalized spacial score (nSPS) is 15.9. The zero-order chi connectivity index (χ0) is 30.9. The van der Waals surface area contributed by atoms with Crippen molar-refractivity contribution in [3.05, 3.63) is 100 Å². The first kappa shape index (κ1) is 30.6. The van der Waals surface area contributed by atoms with Crippen molar-refractivity contribution in [3.8, 4) is 0 Å². The van der Waals surface area contributed by atoms with E-state index < -0.39 is 31.3 Å². The Kier molecular flexibility index (Phi) is 8.85. The summed E-state index contributed by atoms with van der Waals surface area (Å²) < 4.78 is 40.5. The molecule has 0 bridgehead atoms. The minimum absolute atomic E-state index is 0.0535.